The molecule has 0 fully saturated rings. The summed E-state index contributed by atoms with van der Waals surface area (Å²) < 4.78 is 12.9. The number of carbonyl (C=O) groups excluding carboxylic acids is 2. The maximum absolute atomic E-state index is 12.9. The molecule has 3 rings (SSSR count). The summed E-state index contributed by atoms with van der Waals surface area (Å²) in [7, 11) is 0. The van der Waals surface area contributed by atoms with Crippen molar-refractivity contribution in [3.05, 3.63) is 71.0 Å². The second-order valence-corrected chi connectivity index (χ2v) is 6.30. The monoisotopic (exact) mass is 340 g/mol. The lowest BCUT2D eigenvalue weighted by Gasteiger charge is -2.35. The predicted octanol–water partition coefficient (Wildman–Crippen LogP) is 2.46. The summed E-state index contributed by atoms with van der Waals surface area (Å²) in [4.78, 5) is 26.2. The van der Waals surface area contributed by atoms with E-state index in [1.807, 2.05) is 24.3 Å². The van der Waals surface area contributed by atoms with E-state index in [2.05, 4.69) is 5.32 Å². The average molecular weight is 340 g/mol. The maximum Gasteiger partial charge on any atom is 0.243 e. The number of amides is 2. The molecule has 25 heavy (non-hydrogen) atoms. The van der Waals surface area contributed by atoms with Crippen molar-refractivity contribution in [3.8, 4) is 0 Å². The minimum atomic E-state index is -0.486. The van der Waals surface area contributed by atoms with Crippen LogP contribution < -0.4 is 5.32 Å². The minimum Gasteiger partial charge on any atom is -0.354 e. The van der Waals surface area contributed by atoms with Crippen LogP contribution in [0.2, 0.25) is 0 Å². The van der Waals surface area contributed by atoms with Gasteiger partial charge in [0.25, 0.3) is 0 Å². The van der Waals surface area contributed by atoms with Crippen LogP contribution in [0.4, 0.5) is 4.39 Å². The molecule has 1 unspecified atom stereocenters. The number of halogens is 1. The molecule has 0 aromatic heterocycles. The lowest BCUT2D eigenvalue weighted by atomic mass is 9.93. The van der Waals surface area contributed by atoms with E-state index in [-0.39, 0.29) is 17.6 Å². The van der Waals surface area contributed by atoms with Crippen molar-refractivity contribution in [2.24, 2.45) is 0 Å². The number of fused-ring (bicyclic) bond motifs is 1. The summed E-state index contributed by atoms with van der Waals surface area (Å²) in [6, 6.07) is 13.6. The van der Waals surface area contributed by atoms with E-state index in [9.17, 15) is 14.0 Å². The average Bonchev–Trinajstić information content (AvgIpc) is 2.62. The van der Waals surface area contributed by atoms with Crippen LogP contribution in [0, 0.1) is 5.82 Å². The van der Waals surface area contributed by atoms with Gasteiger partial charge in [0, 0.05) is 26.4 Å². The maximum atomic E-state index is 12.9. The number of carbonyl (C=O) groups is 2. The topological polar surface area (TPSA) is 49.4 Å². The number of nitrogens with zero attached hydrogens (tertiary/aromatic N) is 1. The first kappa shape index (κ1) is 17.1. The molecule has 0 aliphatic carbocycles. The van der Waals surface area contributed by atoms with Gasteiger partial charge in [0.2, 0.25) is 11.8 Å². The van der Waals surface area contributed by atoms with E-state index in [4.69, 9.17) is 0 Å². The van der Waals surface area contributed by atoms with Crippen molar-refractivity contribution < 1.29 is 14.0 Å². The third-order valence-corrected chi connectivity index (χ3v) is 4.58. The van der Waals surface area contributed by atoms with Crippen LogP contribution in [0.15, 0.2) is 48.5 Å². The van der Waals surface area contributed by atoms with E-state index in [0.717, 1.165) is 16.7 Å². The lowest BCUT2D eigenvalue weighted by Crippen LogP contribution is -2.52. The quantitative estimate of drug-likeness (QED) is 0.929. The van der Waals surface area contributed by atoms with Gasteiger partial charge in [-0.15, -0.1) is 0 Å². The molecule has 1 heterocycles. The Hall–Kier alpha value is -2.69. The SMILES string of the molecule is CC(=O)N1Cc2ccccc2CC1C(=O)NCCc1ccc(F)cc1. The van der Waals surface area contributed by atoms with Gasteiger partial charge < -0.3 is 10.2 Å². The van der Waals surface area contributed by atoms with Crippen LogP contribution in [0.5, 0.6) is 0 Å². The molecular weight excluding hydrogens is 319 g/mol. The van der Waals surface area contributed by atoms with Crippen LogP contribution in [-0.2, 0) is 29.0 Å². The Morgan fingerprint density at radius 1 is 1.12 bits per heavy atom. The molecule has 130 valence electrons. The van der Waals surface area contributed by atoms with Gasteiger partial charge in [-0.25, -0.2) is 4.39 Å². The fourth-order valence-corrected chi connectivity index (χ4v) is 3.19. The van der Waals surface area contributed by atoms with Gasteiger partial charge in [-0.2, -0.15) is 0 Å². The van der Waals surface area contributed by atoms with Gasteiger partial charge in [-0.3, -0.25) is 9.59 Å². The van der Waals surface area contributed by atoms with Gasteiger partial charge in [-0.1, -0.05) is 36.4 Å². The first-order chi connectivity index (χ1) is 12.0. The van der Waals surface area contributed by atoms with E-state index < -0.39 is 6.04 Å². The van der Waals surface area contributed by atoms with Crippen molar-refractivity contribution in [2.75, 3.05) is 6.54 Å². The highest BCUT2D eigenvalue weighted by Crippen LogP contribution is 2.23. The Bertz CT molecular complexity index is 774. The summed E-state index contributed by atoms with van der Waals surface area (Å²) in [5.74, 6) is -0.522. The van der Waals surface area contributed by atoms with Crippen LogP contribution >= 0.6 is 0 Å². The highest BCUT2D eigenvalue weighted by Gasteiger charge is 2.32. The summed E-state index contributed by atoms with van der Waals surface area (Å²) in [5, 5.41) is 2.90. The van der Waals surface area contributed by atoms with Gasteiger partial charge in [0.15, 0.2) is 0 Å². The number of hydrogen-bond donors (Lipinski definition) is 1. The zero-order valence-corrected chi connectivity index (χ0v) is 14.2. The Morgan fingerprint density at radius 2 is 1.80 bits per heavy atom. The van der Waals surface area contributed by atoms with Gasteiger partial charge in [0.1, 0.15) is 11.9 Å². The minimum absolute atomic E-state index is 0.104. The molecule has 2 amide bonds. The molecule has 1 aliphatic rings. The van der Waals surface area contributed by atoms with Gasteiger partial charge in [0.05, 0.1) is 0 Å². The predicted molar refractivity (Wildman–Crippen MR) is 93.3 cm³/mol. The Morgan fingerprint density at radius 3 is 2.48 bits per heavy atom. The fourth-order valence-electron chi connectivity index (χ4n) is 3.19. The van der Waals surface area contributed by atoms with Gasteiger partial charge >= 0.3 is 0 Å². The number of nitrogens with one attached hydrogen (secondary N) is 1. The zero-order chi connectivity index (χ0) is 17.8. The normalized spacial score (nSPS) is 16.2. The third-order valence-electron chi connectivity index (χ3n) is 4.58. The number of hydrogen-bond acceptors (Lipinski definition) is 2. The van der Waals surface area contributed by atoms with Crippen LogP contribution in [0.1, 0.15) is 23.6 Å². The van der Waals surface area contributed by atoms with Crippen LogP contribution in [-0.4, -0.2) is 29.3 Å². The third kappa shape index (κ3) is 4.05. The molecule has 1 N–H and O–H groups in total. The molecule has 0 bridgehead atoms. The largest absolute Gasteiger partial charge is 0.354 e. The Balaban J connectivity index is 1.63. The second-order valence-electron chi connectivity index (χ2n) is 6.30. The molecule has 5 heteroatoms. The molecule has 2 aromatic rings. The Kier molecular flexibility index (Phi) is 5.12. The highest BCUT2D eigenvalue weighted by molar-refractivity contribution is 5.87. The molecule has 0 saturated heterocycles. The second kappa shape index (κ2) is 7.47. The number of rotatable bonds is 4. The first-order valence-corrected chi connectivity index (χ1v) is 8.41. The highest BCUT2D eigenvalue weighted by atomic mass is 19.1. The van der Waals surface area contributed by atoms with E-state index in [1.54, 1.807) is 17.0 Å². The molecule has 2 aromatic carbocycles. The number of benzene rings is 2. The molecule has 1 aliphatic heterocycles. The zero-order valence-electron chi connectivity index (χ0n) is 14.2. The first-order valence-electron chi connectivity index (χ1n) is 8.41. The van der Waals surface area contributed by atoms with E-state index in [0.29, 0.717) is 25.9 Å². The fraction of sp³-hybridized carbons (Fsp3) is 0.300. The van der Waals surface area contributed by atoms with E-state index in [1.165, 1.54) is 19.1 Å². The van der Waals surface area contributed by atoms with Crippen LogP contribution in [0.3, 0.4) is 0 Å². The van der Waals surface area contributed by atoms with E-state index >= 15 is 0 Å². The summed E-state index contributed by atoms with van der Waals surface area (Å²) in [5.41, 5.74) is 3.16. The lowest BCUT2D eigenvalue weighted by molar-refractivity contribution is -0.140. The van der Waals surface area contributed by atoms with Gasteiger partial charge in [-0.05, 0) is 35.2 Å². The smallest absolute Gasteiger partial charge is 0.243 e. The molecular formula is C20H21FN2O2. The summed E-state index contributed by atoms with van der Waals surface area (Å²) >= 11 is 0. The molecule has 1 atom stereocenters. The Labute approximate surface area is 146 Å². The standard InChI is InChI=1S/C20H21FN2O2/c1-14(24)23-13-17-5-3-2-4-16(17)12-19(23)20(25)22-11-10-15-6-8-18(21)9-7-15/h2-9,19H,10-13H2,1H3,(H,22,25). The molecule has 0 spiro atoms. The van der Waals surface area contributed by atoms with Crippen molar-refractivity contribution in [2.45, 2.75) is 32.4 Å². The summed E-state index contributed by atoms with van der Waals surface area (Å²) in [6.45, 7) is 2.41. The summed E-state index contributed by atoms with van der Waals surface area (Å²) in [6.07, 6.45) is 1.15. The molecule has 4 nitrogen and oxygen atoms in total. The molecule has 0 saturated carbocycles. The van der Waals surface area contributed by atoms with Crippen LogP contribution in [0.25, 0.3) is 0 Å². The molecule has 0 radical (unpaired) electrons. The van der Waals surface area contributed by atoms with Crippen molar-refractivity contribution in [1.29, 1.82) is 0 Å². The van der Waals surface area contributed by atoms with Crippen molar-refractivity contribution in [1.82, 2.24) is 10.2 Å². The van der Waals surface area contributed by atoms with Crippen molar-refractivity contribution in [3.63, 3.8) is 0 Å². The van der Waals surface area contributed by atoms with Crippen molar-refractivity contribution >= 4 is 11.8 Å².